The standard InChI is InChI=1S/C17H31N3O4/c1-13(2)11-19-15(22)17(20(16(19)23)9-10-24-4)5-7-18(8-6-17)14(3)12-21/h13-14,21H,5-12H2,1-4H3. The number of carbonyl (C=O) groups excluding carboxylic acids is 2. The molecule has 2 fully saturated rings. The SMILES string of the molecule is COCCN1C(=O)N(CC(C)C)C(=O)C12CCN(C(C)CO)CC2. The predicted octanol–water partition coefficient (Wildman–Crippen LogP) is 0.768. The van der Waals surface area contributed by atoms with E-state index >= 15 is 0 Å². The van der Waals surface area contributed by atoms with E-state index in [2.05, 4.69) is 4.90 Å². The van der Waals surface area contributed by atoms with Crippen LogP contribution >= 0.6 is 0 Å². The van der Waals surface area contributed by atoms with Crippen LogP contribution in [0, 0.1) is 5.92 Å². The fourth-order valence-electron chi connectivity index (χ4n) is 3.73. The van der Waals surface area contributed by atoms with Crippen molar-refractivity contribution in [3.8, 4) is 0 Å². The summed E-state index contributed by atoms with van der Waals surface area (Å²) in [7, 11) is 1.60. The molecule has 1 spiro atoms. The first-order valence-electron chi connectivity index (χ1n) is 8.84. The van der Waals surface area contributed by atoms with Gasteiger partial charge >= 0.3 is 6.03 Å². The first kappa shape index (κ1) is 19.1. The molecule has 0 aromatic carbocycles. The number of hydrogen-bond acceptors (Lipinski definition) is 5. The van der Waals surface area contributed by atoms with Crippen molar-refractivity contribution in [3.63, 3.8) is 0 Å². The molecule has 1 N–H and O–H groups in total. The molecule has 138 valence electrons. The van der Waals surface area contributed by atoms with Crippen molar-refractivity contribution in [1.29, 1.82) is 0 Å². The summed E-state index contributed by atoms with van der Waals surface area (Å²) < 4.78 is 5.15. The van der Waals surface area contributed by atoms with E-state index in [1.165, 1.54) is 4.90 Å². The summed E-state index contributed by atoms with van der Waals surface area (Å²) in [4.78, 5) is 31.3. The number of aliphatic hydroxyl groups is 1. The van der Waals surface area contributed by atoms with Crippen LogP contribution in [0.1, 0.15) is 33.6 Å². The zero-order valence-electron chi connectivity index (χ0n) is 15.3. The molecule has 1 unspecified atom stereocenters. The van der Waals surface area contributed by atoms with Gasteiger partial charge in [-0.1, -0.05) is 13.8 Å². The number of aliphatic hydroxyl groups excluding tert-OH is 1. The van der Waals surface area contributed by atoms with Crippen LogP contribution < -0.4 is 0 Å². The topological polar surface area (TPSA) is 73.3 Å². The number of urea groups is 1. The van der Waals surface area contributed by atoms with Gasteiger partial charge < -0.3 is 14.7 Å². The molecule has 0 saturated carbocycles. The quantitative estimate of drug-likeness (QED) is 0.693. The second-order valence-electron chi connectivity index (χ2n) is 7.34. The molecule has 3 amide bonds. The van der Waals surface area contributed by atoms with Crippen molar-refractivity contribution in [2.45, 2.75) is 45.2 Å². The summed E-state index contributed by atoms with van der Waals surface area (Å²) >= 11 is 0. The third kappa shape index (κ3) is 3.43. The molecule has 24 heavy (non-hydrogen) atoms. The van der Waals surface area contributed by atoms with Gasteiger partial charge in [0.15, 0.2) is 0 Å². The molecule has 2 rings (SSSR count). The first-order chi connectivity index (χ1) is 11.4. The van der Waals surface area contributed by atoms with Gasteiger partial charge in [-0.15, -0.1) is 0 Å². The number of piperidine rings is 1. The van der Waals surface area contributed by atoms with Crippen molar-refractivity contribution in [2.24, 2.45) is 5.92 Å². The maximum absolute atomic E-state index is 13.1. The largest absolute Gasteiger partial charge is 0.395 e. The Morgan fingerprint density at radius 3 is 2.33 bits per heavy atom. The average molecular weight is 341 g/mol. The molecule has 7 nitrogen and oxygen atoms in total. The molecule has 0 aromatic rings. The third-order valence-corrected chi connectivity index (χ3v) is 5.20. The second-order valence-corrected chi connectivity index (χ2v) is 7.34. The zero-order valence-corrected chi connectivity index (χ0v) is 15.3. The molecule has 0 aliphatic carbocycles. The number of carbonyl (C=O) groups is 2. The summed E-state index contributed by atoms with van der Waals surface area (Å²) in [6.45, 7) is 8.84. The van der Waals surface area contributed by atoms with Crippen LogP contribution in [-0.2, 0) is 9.53 Å². The summed E-state index contributed by atoms with van der Waals surface area (Å²) in [5, 5.41) is 9.35. The van der Waals surface area contributed by atoms with E-state index in [4.69, 9.17) is 4.74 Å². The molecule has 0 bridgehead atoms. The number of methoxy groups -OCH3 is 1. The molecule has 2 heterocycles. The summed E-state index contributed by atoms with van der Waals surface area (Å²) in [5.41, 5.74) is -0.740. The van der Waals surface area contributed by atoms with Gasteiger partial charge in [-0.05, 0) is 25.7 Å². The van der Waals surface area contributed by atoms with Crippen molar-refractivity contribution in [1.82, 2.24) is 14.7 Å². The number of ether oxygens (including phenoxy) is 1. The number of nitrogens with zero attached hydrogens (tertiary/aromatic N) is 3. The molecular formula is C17H31N3O4. The lowest BCUT2D eigenvalue weighted by Gasteiger charge is -2.43. The first-order valence-corrected chi connectivity index (χ1v) is 8.84. The van der Waals surface area contributed by atoms with Crippen molar-refractivity contribution in [2.75, 3.05) is 46.5 Å². The Balaban J connectivity index is 2.21. The van der Waals surface area contributed by atoms with Crippen molar-refractivity contribution in [3.05, 3.63) is 0 Å². The smallest absolute Gasteiger partial charge is 0.327 e. The maximum Gasteiger partial charge on any atom is 0.327 e. The minimum Gasteiger partial charge on any atom is -0.395 e. The van der Waals surface area contributed by atoms with Crippen LogP contribution in [0.25, 0.3) is 0 Å². The van der Waals surface area contributed by atoms with Gasteiger partial charge in [-0.2, -0.15) is 0 Å². The molecule has 2 aliphatic heterocycles. The van der Waals surface area contributed by atoms with E-state index in [1.807, 2.05) is 20.8 Å². The highest BCUT2D eigenvalue weighted by Crippen LogP contribution is 2.37. The lowest BCUT2D eigenvalue weighted by Crippen LogP contribution is -2.58. The molecule has 7 heteroatoms. The highest BCUT2D eigenvalue weighted by Gasteiger charge is 2.57. The van der Waals surface area contributed by atoms with Gasteiger partial charge in [0.25, 0.3) is 5.91 Å². The minimum atomic E-state index is -0.740. The zero-order chi connectivity index (χ0) is 17.9. The van der Waals surface area contributed by atoms with E-state index in [1.54, 1.807) is 12.0 Å². The Morgan fingerprint density at radius 2 is 1.83 bits per heavy atom. The van der Waals surface area contributed by atoms with Crippen LogP contribution in [0.4, 0.5) is 4.79 Å². The Hall–Kier alpha value is -1.18. The number of hydrogen-bond donors (Lipinski definition) is 1. The molecule has 1 atom stereocenters. The van der Waals surface area contributed by atoms with E-state index in [9.17, 15) is 14.7 Å². The molecule has 2 aliphatic rings. The number of rotatable bonds is 7. The van der Waals surface area contributed by atoms with Crippen molar-refractivity contribution < 1.29 is 19.4 Å². The summed E-state index contributed by atoms with van der Waals surface area (Å²) in [6.07, 6.45) is 1.22. The van der Waals surface area contributed by atoms with Gasteiger partial charge in [0.2, 0.25) is 0 Å². The average Bonchev–Trinajstić information content (AvgIpc) is 2.75. The number of imide groups is 1. The molecule has 0 radical (unpaired) electrons. The Labute approximate surface area is 144 Å². The van der Waals surface area contributed by atoms with Gasteiger partial charge in [-0.25, -0.2) is 4.79 Å². The highest BCUT2D eigenvalue weighted by atomic mass is 16.5. The Kier molecular flexibility index (Phi) is 6.22. The van der Waals surface area contributed by atoms with Crippen LogP contribution in [0.15, 0.2) is 0 Å². The number of amides is 3. The lowest BCUT2D eigenvalue weighted by atomic mass is 9.85. The van der Waals surface area contributed by atoms with Gasteiger partial charge in [-0.3, -0.25) is 14.6 Å². The fourth-order valence-corrected chi connectivity index (χ4v) is 3.73. The van der Waals surface area contributed by atoms with Crippen molar-refractivity contribution >= 4 is 11.9 Å². The van der Waals surface area contributed by atoms with E-state index in [0.29, 0.717) is 45.6 Å². The predicted molar refractivity (Wildman–Crippen MR) is 90.6 cm³/mol. The Morgan fingerprint density at radius 1 is 1.21 bits per heavy atom. The van der Waals surface area contributed by atoms with E-state index in [-0.39, 0.29) is 30.5 Å². The second kappa shape index (κ2) is 7.80. The van der Waals surface area contributed by atoms with Crippen LogP contribution in [0.2, 0.25) is 0 Å². The lowest BCUT2D eigenvalue weighted by molar-refractivity contribution is -0.136. The normalized spacial score (nSPS) is 22.9. The highest BCUT2D eigenvalue weighted by molar-refractivity contribution is 6.07. The van der Waals surface area contributed by atoms with E-state index in [0.717, 1.165) is 0 Å². The summed E-state index contributed by atoms with van der Waals surface area (Å²) in [5.74, 6) is 0.181. The van der Waals surface area contributed by atoms with E-state index < -0.39 is 5.54 Å². The maximum atomic E-state index is 13.1. The molecule has 2 saturated heterocycles. The monoisotopic (exact) mass is 341 g/mol. The fraction of sp³-hybridized carbons (Fsp3) is 0.882. The molecular weight excluding hydrogens is 310 g/mol. The van der Waals surface area contributed by atoms with Crippen LogP contribution in [0.3, 0.4) is 0 Å². The van der Waals surface area contributed by atoms with Gasteiger partial charge in [0.1, 0.15) is 5.54 Å². The molecule has 0 aromatic heterocycles. The van der Waals surface area contributed by atoms with Gasteiger partial charge in [0.05, 0.1) is 13.2 Å². The number of likely N-dealkylation sites (tertiary alicyclic amines) is 1. The minimum absolute atomic E-state index is 0.0615. The van der Waals surface area contributed by atoms with Crippen LogP contribution in [0.5, 0.6) is 0 Å². The Bertz CT molecular complexity index is 461. The summed E-state index contributed by atoms with van der Waals surface area (Å²) in [6, 6.07) is -0.108. The van der Waals surface area contributed by atoms with Gasteiger partial charge in [0, 0.05) is 39.3 Å². The third-order valence-electron chi connectivity index (χ3n) is 5.20. The van der Waals surface area contributed by atoms with Crippen LogP contribution in [-0.4, -0.2) is 89.8 Å².